The number of amides is 3. The molecule has 0 bridgehead atoms. The van der Waals surface area contributed by atoms with Gasteiger partial charge in [-0.15, -0.1) is 0 Å². The quantitative estimate of drug-likeness (QED) is 0.270. The molecule has 0 saturated heterocycles. The minimum Gasteiger partial charge on any atom is -0.508 e. The van der Waals surface area contributed by atoms with Crippen molar-refractivity contribution in [2.24, 2.45) is 0 Å². The molecule has 8 heteroatoms. The zero-order valence-electron chi connectivity index (χ0n) is 26.7. The van der Waals surface area contributed by atoms with E-state index in [1.807, 2.05) is 84.0 Å². The number of carbonyl (C=O) groups is 3. The molecule has 0 aromatic heterocycles. The highest BCUT2D eigenvalue weighted by atomic mass is 16.6. The normalized spacial score (nSPS) is 13.0. The maximum atomic E-state index is 14.7. The lowest BCUT2D eigenvalue weighted by atomic mass is 9.92. The molecule has 230 valence electrons. The van der Waals surface area contributed by atoms with Gasteiger partial charge < -0.3 is 25.4 Å². The van der Waals surface area contributed by atoms with Gasteiger partial charge in [0.05, 0.1) is 0 Å². The van der Waals surface area contributed by atoms with Crippen LogP contribution in [-0.2, 0) is 20.7 Å². The third-order valence-corrected chi connectivity index (χ3v) is 7.08. The highest BCUT2D eigenvalue weighted by molar-refractivity contribution is 5.99. The topological polar surface area (TPSA) is 108 Å². The molecule has 0 fully saturated rings. The molecule has 0 aliphatic heterocycles. The molecule has 3 aromatic rings. The van der Waals surface area contributed by atoms with E-state index in [0.29, 0.717) is 16.8 Å². The van der Waals surface area contributed by atoms with Gasteiger partial charge in [-0.3, -0.25) is 9.59 Å². The van der Waals surface area contributed by atoms with Crippen molar-refractivity contribution < 1.29 is 24.2 Å². The van der Waals surface area contributed by atoms with Crippen molar-refractivity contribution in [2.75, 3.05) is 5.32 Å². The summed E-state index contributed by atoms with van der Waals surface area (Å²) < 4.78 is 5.51. The fraction of sp³-hybridized carbons (Fsp3) is 0.400. The first-order valence-corrected chi connectivity index (χ1v) is 14.5. The van der Waals surface area contributed by atoms with Gasteiger partial charge in [0.15, 0.2) is 0 Å². The second-order valence-corrected chi connectivity index (χ2v) is 13.0. The fourth-order valence-corrected chi connectivity index (χ4v) is 4.80. The molecule has 0 heterocycles. The predicted octanol–water partition coefficient (Wildman–Crippen LogP) is 6.76. The summed E-state index contributed by atoms with van der Waals surface area (Å²) in [6.07, 6.45) is -0.630. The van der Waals surface area contributed by atoms with Crippen LogP contribution in [0.15, 0.2) is 66.7 Å². The minimum absolute atomic E-state index is 0.0886. The van der Waals surface area contributed by atoms with Crippen LogP contribution in [0.25, 0.3) is 0 Å². The summed E-state index contributed by atoms with van der Waals surface area (Å²) in [5.41, 5.74) is 3.33. The second kappa shape index (κ2) is 13.3. The summed E-state index contributed by atoms with van der Waals surface area (Å²) in [5.74, 6) is -0.734. The molecule has 2 atom stereocenters. The first-order chi connectivity index (χ1) is 20.0. The van der Waals surface area contributed by atoms with Crippen LogP contribution in [0.4, 0.5) is 10.5 Å². The molecule has 3 aromatic carbocycles. The Morgan fingerprint density at radius 3 is 2.02 bits per heavy atom. The molecule has 43 heavy (non-hydrogen) atoms. The Hall–Kier alpha value is -4.33. The lowest BCUT2D eigenvalue weighted by Gasteiger charge is -2.43. The van der Waals surface area contributed by atoms with Crippen LogP contribution in [-0.4, -0.2) is 45.1 Å². The lowest BCUT2D eigenvalue weighted by molar-refractivity contribution is -0.146. The molecule has 8 nitrogen and oxygen atoms in total. The van der Waals surface area contributed by atoms with E-state index < -0.39 is 35.2 Å². The van der Waals surface area contributed by atoms with Gasteiger partial charge in [-0.25, -0.2) is 4.79 Å². The summed E-state index contributed by atoms with van der Waals surface area (Å²) in [6, 6.07) is 17.6. The standard InChI is InChI=1S/C35H45N3O5/c1-22-14-17-26(20-24(22)3)30(31(40)36-28-13-11-10-12-23(28)2)38(34(4,5)6)32(41)29(37-33(42)43-35(7,8)9)21-25-15-18-27(39)19-16-25/h10-20,29-30,39H,21H2,1-9H3,(H,36,40)(H,37,42). The van der Waals surface area contributed by atoms with Gasteiger partial charge in [-0.05, 0) is 108 Å². The largest absolute Gasteiger partial charge is 0.508 e. The number of carbonyl (C=O) groups excluding carboxylic acids is 3. The first-order valence-electron chi connectivity index (χ1n) is 14.5. The van der Waals surface area contributed by atoms with E-state index in [1.54, 1.807) is 37.8 Å². The molecule has 3 N–H and O–H groups in total. The van der Waals surface area contributed by atoms with E-state index in [0.717, 1.165) is 16.7 Å². The van der Waals surface area contributed by atoms with Crippen molar-refractivity contribution in [3.63, 3.8) is 0 Å². The van der Waals surface area contributed by atoms with Crippen molar-refractivity contribution in [3.8, 4) is 5.75 Å². The summed E-state index contributed by atoms with van der Waals surface area (Å²) >= 11 is 0. The van der Waals surface area contributed by atoms with E-state index in [1.165, 1.54) is 12.1 Å². The average molecular weight is 588 g/mol. The van der Waals surface area contributed by atoms with Crippen LogP contribution in [0.3, 0.4) is 0 Å². The predicted molar refractivity (Wildman–Crippen MR) is 170 cm³/mol. The highest BCUT2D eigenvalue weighted by Gasteiger charge is 2.42. The summed E-state index contributed by atoms with van der Waals surface area (Å²) in [6.45, 7) is 16.7. The number of anilines is 1. The molecule has 0 aliphatic carbocycles. The fourth-order valence-electron chi connectivity index (χ4n) is 4.80. The molecular formula is C35H45N3O5. The zero-order chi connectivity index (χ0) is 32.1. The molecule has 3 rings (SSSR count). The number of nitrogens with zero attached hydrogens (tertiary/aromatic N) is 1. The minimum atomic E-state index is -1.07. The van der Waals surface area contributed by atoms with Crippen molar-refractivity contribution in [2.45, 2.75) is 92.0 Å². The van der Waals surface area contributed by atoms with Crippen LogP contribution in [0, 0.1) is 20.8 Å². The average Bonchev–Trinajstić information content (AvgIpc) is 2.89. The Kier molecular flexibility index (Phi) is 10.3. The van der Waals surface area contributed by atoms with Gasteiger partial charge in [-0.2, -0.15) is 0 Å². The number of alkyl carbamates (subject to hydrolysis) is 1. The monoisotopic (exact) mass is 587 g/mol. The molecule has 0 saturated carbocycles. The number of hydrogen-bond acceptors (Lipinski definition) is 5. The molecular weight excluding hydrogens is 542 g/mol. The van der Waals surface area contributed by atoms with Crippen LogP contribution in [0.1, 0.15) is 75.4 Å². The van der Waals surface area contributed by atoms with Crippen molar-refractivity contribution >= 4 is 23.6 Å². The van der Waals surface area contributed by atoms with E-state index in [4.69, 9.17) is 4.74 Å². The number of hydrogen-bond donors (Lipinski definition) is 3. The summed E-state index contributed by atoms with van der Waals surface area (Å²) in [5, 5.41) is 15.6. The number of ether oxygens (including phenoxy) is 1. The van der Waals surface area contributed by atoms with E-state index in [9.17, 15) is 19.5 Å². The maximum Gasteiger partial charge on any atom is 0.408 e. The highest BCUT2D eigenvalue weighted by Crippen LogP contribution is 2.33. The van der Waals surface area contributed by atoms with Crippen molar-refractivity contribution in [1.29, 1.82) is 0 Å². The third kappa shape index (κ3) is 9.08. The van der Waals surface area contributed by atoms with E-state index in [-0.39, 0.29) is 18.1 Å². The van der Waals surface area contributed by atoms with Gasteiger partial charge in [0, 0.05) is 17.6 Å². The Balaban J connectivity index is 2.14. The second-order valence-electron chi connectivity index (χ2n) is 13.0. The molecule has 3 amide bonds. The summed E-state index contributed by atoms with van der Waals surface area (Å²) in [4.78, 5) is 43.5. The molecule has 2 unspecified atom stereocenters. The number of rotatable bonds is 8. The third-order valence-electron chi connectivity index (χ3n) is 7.08. The smallest absolute Gasteiger partial charge is 0.408 e. The molecule has 0 aliphatic rings. The summed E-state index contributed by atoms with van der Waals surface area (Å²) in [7, 11) is 0. The molecule has 0 spiro atoms. The van der Waals surface area contributed by atoms with Crippen molar-refractivity contribution in [1.82, 2.24) is 10.2 Å². The molecule has 0 radical (unpaired) electrons. The van der Waals surface area contributed by atoms with Gasteiger partial charge in [0.2, 0.25) is 5.91 Å². The van der Waals surface area contributed by atoms with Crippen LogP contribution in [0.5, 0.6) is 5.75 Å². The number of aryl methyl sites for hydroxylation is 3. The Morgan fingerprint density at radius 2 is 1.47 bits per heavy atom. The Morgan fingerprint density at radius 1 is 0.837 bits per heavy atom. The Bertz CT molecular complexity index is 1450. The van der Waals surface area contributed by atoms with E-state index in [2.05, 4.69) is 10.6 Å². The van der Waals surface area contributed by atoms with E-state index >= 15 is 0 Å². The van der Waals surface area contributed by atoms with Gasteiger partial charge in [0.25, 0.3) is 5.91 Å². The number of nitrogens with one attached hydrogen (secondary N) is 2. The number of aromatic hydroxyl groups is 1. The number of benzene rings is 3. The van der Waals surface area contributed by atoms with Crippen molar-refractivity contribution in [3.05, 3.63) is 94.5 Å². The number of phenolic OH excluding ortho intramolecular Hbond substituents is 1. The maximum absolute atomic E-state index is 14.7. The van der Waals surface area contributed by atoms with Crippen LogP contribution < -0.4 is 10.6 Å². The van der Waals surface area contributed by atoms with Gasteiger partial charge in [0.1, 0.15) is 23.4 Å². The van der Waals surface area contributed by atoms with Gasteiger partial charge >= 0.3 is 6.09 Å². The number of phenols is 1. The lowest BCUT2D eigenvalue weighted by Crippen LogP contribution is -2.58. The Labute approximate surface area is 255 Å². The van der Waals surface area contributed by atoms with Crippen LogP contribution in [0.2, 0.25) is 0 Å². The number of para-hydroxylation sites is 1. The van der Waals surface area contributed by atoms with Crippen LogP contribution >= 0.6 is 0 Å². The zero-order valence-corrected chi connectivity index (χ0v) is 26.7. The first kappa shape index (κ1) is 33.2. The van der Waals surface area contributed by atoms with Gasteiger partial charge in [-0.1, -0.05) is 48.5 Å². The SMILES string of the molecule is Cc1ccc(C(C(=O)Nc2ccccc2C)N(C(=O)C(Cc2ccc(O)cc2)NC(=O)OC(C)(C)C)C(C)(C)C)cc1C.